The molecule has 3 N–H and O–H groups in total. The lowest BCUT2D eigenvalue weighted by Gasteiger charge is -2.48. The predicted molar refractivity (Wildman–Crippen MR) is 263 cm³/mol. The van der Waals surface area contributed by atoms with Crippen molar-refractivity contribution in [1.29, 1.82) is 0 Å². The number of hydrogen-bond acceptors (Lipinski definition) is 17. The minimum atomic E-state index is -1.44. The number of methoxy groups -OCH3 is 1. The molecular formula is C49H70Cl2N6O11S. The van der Waals surface area contributed by atoms with E-state index in [1.54, 1.807) is 45.5 Å². The summed E-state index contributed by atoms with van der Waals surface area (Å²) in [4.78, 5) is 67.9. The number of nitrogens with one attached hydrogen (secondary N) is 1. The molecule has 0 spiro atoms. The molecule has 0 bridgehead atoms. The molecule has 3 aliphatic rings. The maximum Gasteiger partial charge on any atom is 0.320 e. The van der Waals surface area contributed by atoms with Crippen molar-refractivity contribution in [2.75, 3.05) is 38.8 Å². The van der Waals surface area contributed by atoms with Crippen molar-refractivity contribution in [2.45, 2.75) is 154 Å². The number of cyclic esters (lactones) is 1. The Balaban J connectivity index is 1.30. The van der Waals surface area contributed by atoms with Crippen LogP contribution in [0.1, 0.15) is 97.5 Å². The number of pyridine rings is 2. The lowest BCUT2D eigenvalue weighted by molar-refractivity contribution is -0.301. The van der Waals surface area contributed by atoms with Crippen LogP contribution >= 0.6 is 35.0 Å². The van der Waals surface area contributed by atoms with Gasteiger partial charge in [-0.1, -0.05) is 50.9 Å². The number of aliphatic hydroxyl groups excluding tert-OH is 2. The molecule has 20 heteroatoms. The first-order valence-electron chi connectivity index (χ1n) is 23.9. The molecule has 382 valence electrons. The number of ether oxygens (including phenoxy) is 5. The van der Waals surface area contributed by atoms with E-state index in [1.807, 2.05) is 46.7 Å². The number of carbonyl (C=O) groups is 4. The van der Waals surface area contributed by atoms with Gasteiger partial charge in [-0.15, -0.1) is 11.8 Å². The van der Waals surface area contributed by atoms with Gasteiger partial charge in [0.05, 0.1) is 62.7 Å². The third kappa shape index (κ3) is 11.1. The van der Waals surface area contributed by atoms with Gasteiger partial charge in [-0.05, 0) is 68.0 Å². The van der Waals surface area contributed by atoms with Crippen LogP contribution in [0.15, 0.2) is 24.8 Å². The largest absolute Gasteiger partial charge is 0.458 e. The third-order valence-corrected chi connectivity index (χ3v) is 16.7. The highest BCUT2D eigenvalue weighted by atomic mass is 35.5. The Morgan fingerprint density at radius 2 is 1.68 bits per heavy atom. The molecule has 3 fully saturated rings. The highest BCUT2D eigenvalue weighted by Gasteiger charge is 2.61. The number of likely N-dealkylation sites (N-methyl/N-ethyl adjacent to an activating group) is 1. The fraction of sp³-hybridized carbons (Fsp3) is 0.694. The molecule has 15 atom stereocenters. The van der Waals surface area contributed by atoms with Crippen LogP contribution in [0.3, 0.4) is 0 Å². The van der Waals surface area contributed by atoms with Crippen molar-refractivity contribution >= 4 is 75.2 Å². The van der Waals surface area contributed by atoms with Gasteiger partial charge in [-0.25, -0.2) is 9.67 Å². The molecule has 3 aromatic rings. The molecule has 0 amide bonds. The Bertz CT molecular complexity index is 2320. The normalized spacial score (nSPS) is 34.9. The molecule has 3 aromatic heterocycles. The summed E-state index contributed by atoms with van der Waals surface area (Å²) in [6.07, 6.45) is 1.07. The number of halogens is 2. The van der Waals surface area contributed by atoms with Crippen LogP contribution in [0, 0.1) is 29.6 Å². The quantitative estimate of drug-likeness (QED) is 0.0900. The molecule has 0 radical (unpaired) electrons. The van der Waals surface area contributed by atoms with Gasteiger partial charge >= 0.3 is 11.9 Å². The highest BCUT2D eigenvalue weighted by molar-refractivity contribution is 8.00. The average Bonchev–Trinajstić information content (AvgIpc) is 3.85. The van der Waals surface area contributed by atoms with E-state index in [2.05, 4.69) is 20.4 Å². The summed E-state index contributed by atoms with van der Waals surface area (Å²) in [7, 11) is 5.25. The topological polar surface area (TPSA) is 214 Å². The number of carbonyl (C=O) groups excluding carboxylic acids is 4. The second-order valence-electron chi connectivity index (χ2n) is 19.7. The Hall–Kier alpha value is -3.46. The molecular weight excluding hydrogens is 952 g/mol. The van der Waals surface area contributed by atoms with Crippen LogP contribution in [0.25, 0.3) is 11.0 Å². The van der Waals surface area contributed by atoms with Gasteiger partial charge in [0.15, 0.2) is 23.3 Å². The number of rotatable bonds is 14. The van der Waals surface area contributed by atoms with Crippen LogP contribution in [0.5, 0.6) is 0 Å². The SMILES string of the molecule is CC[C@H]1OC(=O)[C@H](C)[C@@H](O)[C@H](C)[C@@H](O[C@@H]2O[C@H](C)C[C@H](N(C)C)[C@H]2O)[C@](C)(OC)C[C@@H](C)C(=O)[C@H](C)[C@H]2[C@H](SCCNc3c(C(=O)Cc4c(Cl)cncc4Cl)cnc4c3cnn4CC)C(=O)O[C@@]21C. The van der Waals surface area contributed by atoms with Crippen molar-refractivity contribution in [1.82, 2.24) is 24.6 Å². The zero-order valence-electron chi connectivity index (χ0n) is 41.7. The summed E-state index contributed by atoms with van der Waals surface area (Å²) in [5.74, 6) is -5.53. The number of thioether (sulfide) groups is 1. The van der Waals surface area contributed by atoms with E-state index in [0.29, 0.717) is 46.6 Å². The molecule has 6 rings (SSSR count). The van der Waals surface area contributed by atoms with Crippen molar-refractivity contribution in [3.8, 4) is 0 Å². The molecule has 0 saturated carbocycles. The maximum absolute atomic E-state index is 15.0. The van der Waals surface area contributed by atoms with Crippen molar-refractivity contribution in [3.63, 3.8) is 0 Å². The summed E-state index contributed by atoms with van der Waals surface area (Å²) >= 11 is 14.1. The first-order chi connectivity index (χ1) is 32.5. The number of ketones is 2. The molecule has 3 aliphatic heterocycles. The fourth-order valence-corrected chi connectivity index (χ4v) is 12.7. The predicted octanol–water partition coefficient (Wildman–Crippen LogP) is 6.44. The Labute approximate surface area is 419 Å². The van der Waals surface area contributed by atoms with E-state index in [0.717, 1.165) is 0 Å². The number of aliphatic hydroxyl groups is 2. The van der Waals surface area contributed by atoms with E-state index in [9.17, 15) is 29.4 Å². The number of esters is 2. The lowest BCUT2D eigenvalue weighted by Crippen LogP contribution is -2.60. The monoisotopic (exact) mass is 1020 g/mol. The van der Waals surface area contributed by atoms with Gasteiger partial charge in [0.2, 0.25) is 0 Å². The van der Waals surface area contributed by atoms with Gasteiger partial charge in [-0.3, -0.25) is 24.2 Å². The summed E-state index contributed by atoms with van der Waals surface area (Å²) in [6, 6.07) is -0.290. The van der Waals surface area contributed by atoms with Crippen LogP contribution in [-0.2, 0) is 51.0 Å². The van der Waals surface area contributed by atoms with E-state index in [-0.39, 0.29) is 59.6 Å². The first-order valence-corrected chi connectivity index (χ1v) is 25.7. The summed E-state index contributed by atoms with van der Waals surface area (Å²) in [5, 5.41) is 31.8. The Morgan fingerprint density at radius 1 is 1.00 bits per heavy atom. The van der Waals surface area contributed by atoms with Crippen LogP contribution in [0.2, 0.25) is 10.0 Å². The number of aryl methyl sites for hydroxylation is 1. The van der Waals surface area contributed by atoms with Crippen molar-refractivity contribution in [3.05, 3.63) is 46.0 Å². The number of Topliss-reactive ketones (excluding diaryl/α,β-unsaturated/α-hetero) is 2. The Kier molecular flexibility index (Phi) is 17.9. The maximum atomic E-state index is 15.0. The number of fused-ring (bicyclic) bond motifs is 2. The number of anilines is 1. The molecule has 0 aromatic carbocycles. The molecule has 0 aliphatic carbocycles. The highest BCUT2D eigenvalue weighted by Crippen LogP contribution is 2.49. The van der Waals surface area contributed by atoms with Crippen molar-refractivity contribution in [2.24, 2.45) is 29.6 Å². The fourth-order valence-electron chi connectivity index (χ4n) is 10.8. The molecule has 6 heterocycles. The van der Waals surface area contributed by atoms with E-state index >= 15 is 0 Å². The van der Waals surface area contributed by atoms with Crippen molar-refractivity contribution < 1.29 is 53.1 Å². The van der Waals surface area contributed by atoms with Gasteiger partial charge in [0.1, 0.15) is 23.2 Å². The second kappa shape index (κ2) is 22.5. The van der Waals surface area contributed by atoms with E-state index < -0.39 is 88.7 Å². The van der Waals surface area contributed by atoms with Gasteiger partial charge in [0, 0.05) is 86.2 Å². The number of hydrogen-bond donors (Lipinski definition) is 3. The summed E-state index contributed by atoms with van der Waals surface area (Å²) in [5.41, 5.74) is -0.887. The zero-order valence-corrected chi connectivity index (χ0v) is 44.1. The minimum absolute atomic E-state index is 0.108. The third-order valence-electron chi connectivity index (χ3n) is 14.8. The molecule has 0 unspecified atom stereocenters. The smallest absolute Gasteiger partial charge is 0.320 e. The van der Waals surface area contributed by atoms with E-state index in [1.165, 1.54) is 37.5 Å². The molecule has 17 nitrogen and oxygen atoms in total. The van der Waals surface area contributed by atoms with Gasteiger partial charge < -0.3 is 44.1 Å². The first kappa shape index (κ1) is 54.9. The zero-order chi connectivity index (χ0) is 50.9. The molecule has 69 heavy (non-hydrogen) atoms. The van der Waals surface area contributed by atoms with Gasteiger partial charge in [-0.2, -0.15) is 5.10 Å². The standard InChI is InChI=1S/C49H70Cl2N6O11S/c1-13-36-49(9)37(42(46(63)68-49)69-16-15-53-38-30(20-54-44-31(38)21-55-57(44)14-2)35(58)18-29-32(50)22-52-23-33(29)51)26(5)39(59)24(3)19-48(8,64-12)43(27(6)40(60)28(7)45(62)66-36)67-47-41(61)34(56(10)11)17-25(4)65-47/h20-28,34,36-37,40-43,47,60-61H,13-19H2,1-12H3,(H,53,54)/t24-,25-,26-,27+,28-,34+,36-,37+,40+,41-,42+,43-,47+,48-,49-/m1/s1. The summed E-state index contributed by atoms with van der Waals surface area (Å²) < 4.78 is 33.4. The second-order valence-corrected chi connectivity index (χ2v) is 21.8. The molecule has 3 saturated heterocycles. The summed E-state index contributed by atoms with van der Waals surface area (Å²) in [6.45, 7) is 16.9. The van der Waals surface area contributed by atoms with E-state index in [4.69, 9.17) is 46.9 Å². The van der Waals surface area contributed by atoms with Gasteiger partial charge in [0.25, 0.3) is 0 Å². The minimum Gasteiger partial charge on any atom is -0.458 e. The number of aromatic nitrogens is 4. The Morgan fingerprint density at radius 3 is 2.30 bits per heavy atom. The van der Waals surface area contributed by atoms with Crippen LogP contribution in [0.4, 0.5) is 5.69 Å². The van der Waals surface area contributed by atoms with Crippen LogP contribution < -0.4 is 5.32 Å². The lowest BCUT2D eigenvalue weighted by atomic mass is 9.70. The van der Waals surface area contributed by atoms with Crippen LogP contribution in [-0.4, -0.2) is 151 Å². The number of nitrogens with zero attached hydrogens (tertiary/aromatic N) is 5. The average molecular weight is 1020 g/mol.